The normalized spacial score (nSPS) is 24.0. The van der Waals surface area contributed by atoms with Gasteiger partial charge in [-0.1, -0.05) is 42.5 Å². The van der Waals surface area contributed by atoms with Crippen molar-refractivity contribution in [3.63, 3.8) is 0 Å². The number of rotatable bonds is 4. The highest BCUT2D eigenvalue weighted by molar-refractivity contribution is 7.72. The van der Waals surface area contributed by atoms with E-state index in [-0.39, 0.29) is 6.61 Å². The molecule has 1 fully saturated rings. The molecule has 0 aliphatic carbocycles. The number of ether oxygens (including phenoxy) is 1. The number of aliphatic hydroxyl groups is 2. The van der Waals surface area contributed by atoms with Gasteiger partial charge in [-0.15, -0.1) is 0 Å². The zero-order valence-corrected chi connectivity index (χ0v) is 14.0. The Balaban J connectivity index is 1.92. The Kier molecular flexibility index (Phi) is 5.03. The maximum Gasteiger partial charge on any atom is 0.180 e. The van der Waals surface area contributed by atoms with Gasteiger partial charge in [0.2, 0.25) is 0 Å². The van der Waals surface area contributed by atoms with Crippen molar-refractivity contribution in [1.82, 2.24) is 9.55 Å². The van der Waals surface area contributed by atoms with Crippen molar-refractivity contribution in [3.8, 4) is 0 Å². The van der Waals surface area contributed by atoms with Gasteiger partial charge in [-0.25, -0.2) is 0 Å². The fourth-order valence-electron chi connectivity index (χ4n) is 2.73. The van der Waals surface area contributed by atoms with Crippen molar-refractivity contribution in [2.45, 2.75) is 31.3 Å². The van der Waals surface area contributed by atoms with Crippen LogP contribution in [0, 0.1) is 9.41 Å². The molecule has 0 spiro atoms. The van der Waals surface area contributed by atoms with E-state index in [1.807, 2.05) is 36.5 Å². The number of aromatic nitrogens is 2. The first-order valence-electron chi connectivity index (χ1n) is 7.41. The van der Waals surface area contributed by atoms with E-state index in [9.17, 15) is 10.2 Å². The third kappa shape index (κ3) is 3.59. The summed E-state index contributed by atoms with van der Waals surface area (Å²) in [5, 5.41) is 19.1. The Hall–Kier alpha value is -1.38. The summed E-state index contributed by atoms with van der Waals surface area (Å²) in [5.74, 6) is 0. The van der Waals surface area contributed by atoms with Crippen molar-refractivity contribution in [2.24, 2.45) is 0 Å². The molecule has 7 heteroatoms. The maximum atomic E-state index is 9.91. The Morgan fingerprint density at radius 2 is 2.00 bits per heavy atom. The predicted octanol–water partition coefficient (Wildman–Crippen LogP) is 2.51. The van der Waals surface area contributed by atoms with Crippen LogP contribution >= 0.6 is 24.4 Å². The van der Waals surface area contributed by atoms with Crippen molar-refractivity contribution in [3.05, 3.63) is 57.1 Å². The summed E-state index contributed by atoms with van der Waals surface area (Å²) >= 11 is 10.7. The molecule has 0 unspecified atom stereocenters. The number of nitrogens with zero attached hydrogens (tertiary/aromatic N) is 1. The van der Waals surface area contributed by atoms with E-state index in [0.717, 1.165) is 11.1 Å². The minimum absolute atomic E-state index is 0.218. The minimum Gasteiger partial charge on any atom is -0.394 e. The van der Waals surface area contributed by atoms with Gasteiger partial charge in [0.05, 0.1) is 12.7 Å². The molecule has 1 aliphatic rings. The van der Waals surface area contributed by atoms with Gasteiger partial charge in [0.15, 0.2) is 4.77 Å². The number of benzene rings is 1. The highest BCUT2D eigenvalue weighted by atomic mass is 32.1. The van der Waals surface area contributed by atoms with Gasteiger partial charge in [0.25, 0.3) is 0 Å². The van der Waals surface area contributed by atoms with E-state index in [1.54, 1.807) is 4.57 Å². The quantitative estimate of drug-likeness (QED) is 0.739. The lowest BCUT2D eigenvalue weighted by Crippen LogP contribution is -2.24. The predicted molar refractivity (Wildman–Crippen MR) is 91.3 cm³/mol. The van der Waals surface area contributed by atoms with Crippen LogP contribution in [0.1, 0.15) is 23.8 Å². The summed E-state index contributed by atoms with van der Waals surface area (Å²) < 4.78 is 8.49. The van der Waals surface area contributed by atoms with E-state index in [0.29, 0.717) is 22.3 Å². The average Bonchev–Trinajstić information content (AvgIpc) is 2.91. The fraction of sp³-hybridized carbons (Fsp3) is 0.375. The van der Waals surface area contributed by atoms with E-state index >= 15 is 0 Å². The van der Waals surface area contributed by atoms with E-state index in [4.69, 9.17) is 29.2 Å². The smallest absolute Gasteiger partial charge is 0.180 e. The standard InChI is InChI=1S/C16H18N2O3S2/c19-9-13-12(20)7-14(21-13)18-8-11(15(22)17-16(18)23)6-10-4-2-1-3-5-10/h1-5,8,12-14,19-20H,6-7,9H2,(H,17,22,23)/t12-,13+,14+/m0/s1. The van der Waals surface area contributed by atoms with Gasteiger partial charge < -0.3 is 19.9 Å². The number of hydrogen-bond donors (Lipinski definition) is 3. The van der Waals surface area contributed by atoms with Gasteiger partial charge in [0, 0.05) is 24.6 Å². The summed E-state index contributed by atoms with van der Waals surface area (Å²) in [6, 6.07) is 10.0. The highest BCUT2D eigenvalue weighted by Crippen LogP contribution is 2.29. The summed E-state index contributed by atoms with van der Waals surface area (Å²) in [4.78, 5) is 3.02. The number of aromatic amines is 1. The molecule has 122 valence electrons. The van der Waals surface area contributed by atoms with Crippen LogP contribution in [0.3, 0.4) is 0 Å². The van der Waals surface area contributed by atoms with E-state index in [1.165, 1.54) is 0 Å². The third-order valence-corrected chi connectivity index (χ3v) is 4.65. The first-order chi connectivity index (χ1) is 11.1. The second kappa shape index (κ2) is 7.02. The molecule has 5 nitrogen and oxygen atoms in total. The fourth-order valence-corrected chi connectivity index (χ4v) is 3.29. The second-order valence-corrected chi connectivity index (χ2v) is 6.39. The van der Waals surface area contributed by atoms with Crippen LogP contribution in [0.15, 0.2) is 36.5 Å². The Bertz CT molecular complexity index is 788. The molecule has 3 rings (SSSR count). The summed E-state index contributed by atoms with van der Waals surface area (Å²) in [6.07, 6.45) is 1.26. The average molecular weight is 350 g/mol. The summed E-state index contributed by atoms with van der Waals surface area (Å²) in [5.41, 5.74) is 2.08. The molecule has 1 saturated heterocycles. The summed E-state index contributed by atoms with van der Waals surface area (Å²) in [6.45, 7) is -0.218. The monoisotopic (exact) mass is 350 g/mol. The van der Waals surface area contributed by atoms with Gasteiger partial charge >= 0.3 is 0 Å². The molecular weight excluding hydrogens is 332 g/mol. The minimum atomic E-state index is -0.701. The molecule has 0 amide bonds. The van der Waals surface area contributed by atoms with Crippen LogP contribution in [-0.4, -0.2) is 38.6 Å². The molecule has 2 heterocycles. The summed E-state index contributed by atoms with van der Waals surface area (Å²) in [7, 11) is 0. The largest absolute Gasteiger partial charge is 0.394 e. The van der Waals surface area contributed by atoms with Gasteiger partial charge in [0.1, 0.15) is 17.0 Å². The molecule has 1 aromatic heterocycles. The Morgan fingerprint density at radius 3 is 2.65 bits per heavy atom. The molecule has 0 radical (unpaired) electrons. The number of H-pyrrole nitrogens is 1. The Morgan fingerprint density at radius 1 is 1.26 bits per heavy atom. The SMILES string of the molecule is OC[C@H]1O[C@@H](n2cc(Cc3ccccc3)c(=S)[nH]c2=S)C[C@@H]1O. The molecule has 0 saturated carbocycles. The second-order valence-electron chi connectivity index (χ2n) is 5.60. The van der Waals surface area contributed by atoms with Gasteiger partial charge in [-0.2, -0.15) is 0 Å². The van der Waals surface area contributed by atoms with Crippen molar-refractivity contribution in [2.75, 3.05) is 6.61 Å². The first kappa shape index (κ1) is 16.5. The molecule has 0 bridgehead atoms. The molecule has 23 heavy (non-hydrogen) atoms. The zero-order chi connectivity index (χ0) is 16.4. The van der Waals surface area contributed by atoms with Crippen LogP contribution in [0.4, 0.5) is 0 Å². The lowest BCUT2D eigenvalue weighted by atomic mass is 10.1. The van der Waals surface area contributed by atoms with Crippen LogP contribution in [0.25, 0.3) is 0 Å². The molecule has 1 aromatic carbocycles. The number of nitrogens with one attached hydrogen (secondary N) is 1. The molecular formula is C16H18N2O3S2. The van der Waals surface area contributed by atoms with Gasteiger partial charge in [-0.05, 0) is 17.8 Å². The number of hydrogen-bond acceptors (Lipinski definition) is 5. The topological polar surface area (TPSA) is 70.4 Å². The molecule has 2 aromatic rings. The van der Waals surface area contributed by atoms with Crippen LogP contribution in [0.2, 0.25) is 0 Å². The van der Waals surface area contributed by atoms with Crippen LogP contribution in [-0.2, 0) is 11.2 Å². The van der Waals surface area contributed by atoms with Gasteiger partial charge in [-0.3, -0.25) is 4.57 Å². The third-order valence-electron chi connectivity index (χ3n) is 3.97. The lowest BCUT2D eigenvalue weighted by molar-refractivity contribution is -0.0453. The van der Waals surface area contributed by atoms with Crippen molar-refractivity contribution < 1.29 is 14.9 Å². The lowest BCUT2D eigenvalue weighted by Gasteiger charge is -2.17. The highest BCUT2D eigenvalue weighted by Gasteiger charge is 2.34. The van der Waals surface area contributed by atoms with Crippen LogP contribution in [0.5, 0.6) is 0 Å². The van der Waals surface area contributed by atoms with E-state index < -0.39 is 18.4 Å². The van der Waals surface area contributed by atoms with E-state index in [2.05, 4.69) is 4.98 Å². The molecule has 1 aliphatic heterocycles. The van der Waals surface area contributed by atoms with Crippen molar-refractivity contribution in [1.29, 1.82) is 0 Å². The van der Waals surface area contributed by atoms with Crippen molar-refractivity contribution >= 4 is 24.4 Å². The first-order valence-corrected chi connectivity index (χ1v) is 8.23. The number of aliphatic hydroxyl groups excluding tert-OH is 2. The van der Waals surface area contributed by atoms with Crippen LogP contribution < -0.4 is 0 Å². The Labute approximate surface area is 144 Å². The molecule has 3 atom stereocenters. The molecule has 3 N–H and O–H groups in total. The maximum absolute atomic E-state index is 9.91. The zero-order valence-electron chi connectivity index (χ0n) is 12.4.